The molecule has 2 aliphatic rings. The zero-order valence-corrected chi connectivity index (χ0v) is 13.6. The Hall–Kier alpha value is -1.88. The molecule has 1 aromatic rings. The van der Waals surface area contributed by atoms with Crippen LogP contribution in [0.15, 0.2) is 30.3 Å². The summed E-state index contributed by atoms with van der Waals surface area (Å²) in [6, 6.07) is 9.19. The van der Waals surface area contributed by atoms with Crippen LogP contribution in [-0.4, -0.2) is 29.4 Å². The summed E-state index contributed by atoms with van der Waals surface area (Å²) in [7, 11) is 0. The van der Waals surface area contributed by atoms with E-state index in [1.165, 1.54) is 0 Å². The van der Waals surface area contributed by atoms with Gasteiger partial charge in [0, 0.05) is 11.7 Å². The molecule has 2 unspecified atom stereocenters. The van der Waals surface area contributed by atoms with Gasteiger partial charge < -0.3 is 16.0 Å². The summed E-state index contributed by atoms with van der Waals surface area (Å²) < 4.78 is 0. The smallest absolute Gasteiger partial charge is 0.249 e. The maximum Gasteiger partial charge on any atom is 0.249 e. The lowest BCUT2D eigenvalue weighted by molar-refractivity contribution is -0.131. The lowest BCUT2D eigenvalue weighted by atomic mass is 9.81. The van der Waals surface area contributed by atoms with E-state index >= 15 is 0 Å². The van der Waals surface area contributed by atoms with Gasteiger partial charge in [0.1, 0.15) is 6.04 Å². The predicted molar refractivity (Wildman–Crippen MR) is 89.9 cm³/mol. The summed E-state index contributed by atoms with van der Waals surface area (Å²) in [6.45, 7) is 2.01. The molecule has 2 atom stereocenters. The molecule has 124 valence electrons. The average molecular weight is 315 g/mol. The summed E-state index contributed by atoms with van der Waals surface area (Å²) in [4.78, 5) is 27.0. The highest BCUT2D eigenvalue weighted by Crippen LogP contribution is 2.29. The summed E-state index contributed by atoms with van der Waals surface area (Å²) in [6.07, 6.45) is 5.13. The first-order valence-corrected chi connectivity index (χ1v) is 8.49. The van der Waals surface area contributed by atoms with Gasteiger partial charge in [-0.15, -0.1) is 0 Å². The van der Waals surface area contributed by atoms with Gasteiger partial charge >= 0.3 is 0 Å². The molecule has 5 nitrogen and oxygen atoms in total. The molecule has 23 heavy (non-hydrogen) atoms. The van der Waals surface area contributed by atoms with Gasteiger partial charge in [0.25, 0.3) is 0 Å². The Morgan fingerprint density at radius 1 is 1.22 bits per heavy atom. The zero-order chi connectivity index (χ0) is 16.4. The molecule has 3 rings (SSSR count). The van der Waals surface area contributed by atoms with Crippen molar-refractivity contribution in [2.75, 3.05) is 4.90 Å². The minimum atomic E-state index is -0.804. The lowest BCUT2D eigenvalue weighted by Crippen LogP contribution is -2.58. The predicted octanol–water partition coefficient (Wildman–Crippen LogP) is 1.96. The number of para-hydroxylation sites is 1. The van der Waals surface area contributed by atoms with Crippen molar-refractivity contribution in [3.8, 4) is 0 Å². The molecule has 1 saturated heterocycles. The van der Waals surface area contributed by atoms with Crippen molar-refractivity contribution in [1.29, 1.82) is 0 Å². The van der Waals surface area contributed by atoms with Gasteiger partial charge in [-0.05, 0) is 38.3 Å². The molecule has 5 heteroatoms. The number of benzene rings is 1. The van der Waals surface area contributed by atoms with Gasteiger partial charge in [0.15, 0.2) is 0 Å². The van der Waals surface area contributed by atoms with Gasteiger partial charge in [-0.3, -0.25) is 9.59 Å². The van der Waals surface area contributed by atoms with E-state index in [9.17, 15) is 9.59 Å². The highest BCUT2D eigenvalue weighted by molar-refractivity contribution is 6.02. The van der Waals surface area contributed by atoms with E-state index in [2.05, 4.69) is 5.32 Å². The third-order valence-electron chi connectivity index (χ3n) is 5.09. The molecule has 0 spiro atoms. The molecular formula is C18H25N3O2. The first-order chi connectivity index (χ1) is 11.0. The number of carbonyl (C=O) groups is 2. The molecule has 1 aliphatic carbocycles. The maximum atomic E-state index is 12.7. The Morgan fingerprint density at radius 3 is 2.52 bits per heavy atom. The minimum absolute atomic E-state index is 0.0449. The average Bonchev–Trinajstić information content (AvgIpc) is 2.83. The third-order valence-corrected chi connectivity index (χ3v) is 5.09. The van der Waals surface area contributed by atoms with Crippen LogP contribution in [0.2, 0.25) is 0 Å². The molecular weight excluding hydrogens is 290 g/mol. The number of rotatable bonds is 3. The first kappa shape index (κ1) is 16.0. The van der Waals surface area contributed by atoms with Gasteiger partial charge in [-0.25, -0.2) is 0 Å². The fourth-order valence-electron chi connectivity index (χ4n) is 3.74. The van der Waals surface area contributed by atoms with Crippen molar-refractivity contribution in [3.05, 3.63) is 30.3 Å². The first-order valence-electron chi connectivity index (χ1n) is 8.49. The summed E-state index contributed by atoms with van der Waals surface area (Å²) in [5.74, 6) is -0.214. The molecule has 1 aromatic carbocycles. The fraction of sp³-hybridized carbons (Fsp3) is 0.556. The van der Waals surface area contributed by atoms with Crippen LogP contribution in [0, 0.1) is 0 Å². The number of nitrogens with zero attached hydrogens (tertiary/aromatic N) is 1. The van der Waals surface area contributed by atoms with Crippen LogP contribution in [0.25, 0.3) is 0 Å². The van der Waals surface area contributed by atoms with E-state index in [1.54, 1.807) is 4.90 Å². The van der Waals surface area contributed by atoms with Crippen LogP contribution in [-0.2, 0) is 9.59 Å². The Bertz CT molecular complexity index is 581. The molecule has 1 saturated carbocycles. The van der Waals surface area contributed by atoms with Crippen LogP contribution in [0.3, 0.4) is 0 Å². The number of carbonyl (C=O) groups excluding carboxylic acids is 2. The van der Waals surface area contributed by atoms with E-state index in [1.807, 2.05) is 37.3 Å². The van der Waals surface area contributed by atoms with E-state index in [0.29, 0.717) is 19.3 Å². The number of nitrogens with one attached hydrogen (secondary N) is 1. The van der Waals surface area contributed by atoms with E-state index < -0.39 is 11.6 Å². The van der Waals surface area contributed by atoms with Crippen LogP contribution < -0.4 is 16.0 Å². The Labute approximate surface area is 137 Å². The summed E-state index contributed by atoms with van der Waals surface area (Å²) >= 11 is 0. The Kier molecular flexibility index (Phi) is 4.39. The minimum Gasteiger partial charge on any atom is -0.343 e. The zero-order valence-electron chi connectivity index (χ0n) is 13.6. The Balaban J connectivity index is 1.70. The number of hydrogen-bond donors (Lipinski definition) is 2. The highest BCUT2D eigenvalue weighted by Gasteiger charge is 2.42. The van der Waals surface area contributed by atoms with Crippen molar-refractivity contribution >= 4 is 17.5 Å². The number of hydrogen-bond acceptors (Lipinski definition) is 3. The van der Waals surface area contributed by atoms with Crippen LogP contribution in [0.5, 0.6) is 0 Å². The van der Waals surface area contributed by atoms with Crippen molar-refractivity contribution in [3.63, 3.8) is 0 Å². The second-order valence-corrected chi connectivity index (χ2v) is 6.87. The van der Waals surface area contributed by atoms with Gasteiger partial charge in [-0.2, -0.15) is 0 Å². The topological polar surface area (TPSA) is 75.4 Å². The quantitative estimate of drug-likeness (QED) is 0.895. The van der Waals surface area contributed by atoms with E-state index in [0.717, 1.165) is 24.9 Å². The van der Waals surface area contributed by atoms with Gasteiger partial charge in [0.05, 0.1) is 5.54 Å². The molecule has 2 fully saturated rings. The standard InChI is InChI=1S/C18H25N3O2/c1-13-12-15(16(22)21(13)14-8-4-2-5-9-14)20-17(23)18(19)10-6-3-7-11-18/h2,4-5,8-9,13,15H,3,6-7,10-12,19H2,1H3,(H,20,23). The van der Waals surface area contributed by atoms with E-state index in [-0.39, 0.29) is 17.9 Å². The SMILES string of the molecule is CC1CC(NC(=O)C2(N)CCCCC2)C(=O)N1c1ccccc1. The third kappa shape index (κ3) is 3.11. The second kappa shape index (κ2) is 6.32. The molecule has 0 aromatic heterocycles. The largest absolute Gasteiger partial charge is 0.343 e. The number of nitrogens with two attached hydrogens (primary N) is 1. The normalized spacial score (nSPS) is 27.0. The van der Waals surface area contributed by atoms with Crippen molar-refractivity contribution < 1.29 is 9.59 Å². The van der Waals surface area contributed by atoms with Gasteiger partial charge in [0.2, 0.25) is 11.8 Å². The molecule has 0 radical (unpaired) electrons. The van der Waals surface area contributed by atoms with Crippen molar-refractivity contribution in [1.82, 2.24) is 5.32 Å². The molecule has 1 heterocycles. The highest BCUT2D eigenvalue weighted by atomic mass is 16.2. The molecule has 3 N–H and O–H groups in total. The molecule has 0 bridgehead atoms. The lowest BCUT2D eigenvalue weighted by Gasteiger charge is -2.32. The van der Waals surface area contributed by atoms with Gasteiger partial charge in [-0.1, -0.05) is 37.5 Å². The van der Waals surface area contributed by atoms with Crippen LogP contribution >= 0.6 is 0 Å². The number of amides is 2. The molecule has 2 amide bonds. The van der Waals surface area contributed by atoms with Crippen LogP contribution in [0.4, 0.5) is 5.69 Å². The fourth-order valence-corrected chi connectivity index (χ4v) is 3.74. The monoisotopic (exact) mass is 315 g/mol. The van der Waals surface area contributed by atoms with E-state index in [4.69, 9.17) is 5.73 Å². The second-order valence-electron chi connectivity index (χ2n) is 6.87. The Morgan fingerprint density at radius 2 is 1.87 bits per heavy atom. The number of anilines is 1. The van der Waals surface area contributed by atoms with Crippen molar-refractivity contribution in [2.45, 2.75) is 63.1 Å². The summed E-state index contributed by atoms with van der Waals surface area (Å²) in [5, 5.41) is 2.91. The maximum absolute atomic E-state index is 12.7. The molecule has 1 aliphatic heterocycles. The summed E-state index contributed by atoms with van der Waals surface area (Å²) in [5.41, 5.74) is 6.34. The van der Waals surface area contributed by atoms with Crippen LogP contribution in [0.1, 0.15) is 45.4 Å². The van der Waals surface area contributed by atoms with Crippen molar-refractivity contribution in [2.24, 2.45) is 5.73 Å².